The van der Waals surface area contributed by atoms with Crippen LogP contribution in [0.3, 0.4) is 0 Å². The number of hydrogen-bond acceptors (Lipinski definition) is 6. The van der Waals surface area contributed by atoms with Crippen molar-refractivity contribution in [3.63, 3.8) is 0 Å². The molecule has 206 valence electrons. The monoisotopic (exact) mass is 532 g/mol. The van der Waals surface area contributed by atoms with Gasteiger partial charge in [0.25, 0.3) is 0 Å². The maximum Gasteiger partial charge on any atom is 0.304 e. The average molecular weight is 533 g/mol. The zero-order valence-corrected chi connectivity index (χ0v) is 22.7. The second kappa shape index (κ2) is 10.9. The van der Waals surface area contributed by atoms with Crippen molar-refractivity contribution in [1.82, 2.24) is 0 Å². The second-order valence-electron chi connectivity index (χ2n) is 10.8. The van der Waals surface area contributed by atoms with E-state index in [1.807, 2.05) is 36.4 Å². The normalized spacial score (nSPS) is 17.4. The fourth-order valence-electron chi connectivity index (χ4n) is 5.71. The third-order valence-electron chi connectivity index (χ3n) is 7.98. The number of aryl methyl sites for hydroxylation is 2. The first-order chi connectivity index (χ1) is 18.7. The first-order valence-electron chi connectivity index (χ1n) is 13.5. The molecule has 1 aliphatic carbocycles. The van der Waals surface area contributed by atoms with E-state index < -0.39 is 12.1 Å². The molecule has 3 aromatic carbocycles. The molecule has 39 heavy (non-hydrogen) atoms. The predicted octanol–water partition coefficient (Wildman–Crippen LogP) is 5.46. The highest BCUT2D eigenvalue weighted by Crippen LogP contribution is 2.59. The molecule has 0 unspecified atom stereocenters. The zero-order chi connectivity index (χ0) is 27.7. The summed E-state index contributed by atoms with van der Waals surface area (Å²) in [4.78, 5) is 11.4. The minimum Gasteiger partial charge on any atom is -0.493 e. The van der Waals surface area contributed by atoms with E-state index in [2.05, 4.69) is 32.9 Å². The number of fused-ring (bicyclic) bond motifs is 1. The van der Waals surface area contributed by atoms with Gasteiger partial charge in [0.05, 0.1) is 25.7 Å². The van der Waals surface area contributed by atoms with Gasteiger partial charge in [-0.05, 0) is 85.2 Å². The van der Waals surface area contributed by atoms with Crippen LogP contribution in [0.1, 0.15) is 59.4 Å². The van der Waals surface area contributed by atoms with Gasteiger partial charge in [-0.1, -0.05) is 24.3 Å². The molecule has 2 atom stereocenters. The summed E-state index contributed by atoms with van der Waals surface area (Å²) in [6.45, 7) is 6.69. The Morgan fingerprint density at radius 2 is 1.79 bits per heavy atom. The average Bonchev–Trinajstić information content (AvgIpc) is 3.61. The van der Waals surface area contributed by atoms with Crippen molar-refractivity contribution in [2.75, 3.05) is 13.2 Å². The third-order valence-corrected chi connectivity index (χ3v) is 7.98. The highest BCUT2D eigenvalue weighted by Gasteiger charge is 2.57. The molecule has 0 bridgehead atoms. The summed E-state index contributed by atoms with van der Waals surface area (Å²) in [6, 6.07) is 16.0. The second-order valence-corrected chi connectivity index (χ2v) is 10.8. The molecule has 7 heteroatoms. The van der Waals surface area contributed by atoms with E-state index in [-0.39, 0.29) is 24.5 Å². The maximum atomic E-state index is 11.4. The van der Waals surface area contributed by atoms with Crippen molar-refractivity contribution >= 4 is 5.97 Å². The Morgan fingerprint density at radius 3 is 2.46 bits per heavy atom. The fraction of sp³-hybridized carbons (Fsp3) is 0.406. The number of aliphatic carboxylic acids is 1. The minimum atomic E-state index is -0.802. The zero-order valence-electron chi connectivity index (χ0n) is 22.7. The molecule has 1 aliphatic heterocycles. The van der Waals surface area contributed by atoms with Crippen LogP contribution in [-0.2, 0) is 11.4 Å². The number of ether oxygens (including phenoxy) is 3. The van der Waals surface area contributed by atoms with Gasteiger partial charge in [-0.2, -0.15) is 0 Å². The van der Waals surface area contributed by atoms with Crippen LogP contribution in [0.15, 0.2) is 48.5 Å². The standard InChI is InChI=1S/C32H36O7/c1-19-13-25(37-12-9-23(34)17-33)14-20(2)31(19)26-6-4-5-22(21(26)3)18-38-24-7-8-27-28(16-30(35)36)32(10-11-32)39-29(27)15-24/h4-8,13-15,23,28,33-34H,9-12,16-18H2,1-3H3,(H,35,36)/t23-,28-/m0/s1. The number of carboxylic acid groups (broad SMARTS) is 1. The lowest BCUT2D eigenvalue weighted by Crippen LogP contribution is -2.22. The van der Waals surface area contributed by atoms with Crippen LogP contribution < -0.4 is 14.2 Å². The highest BCUT2D eigenvalue weighted by molar-refractivity contribution is 5.75. The molecular weight excluding hydrogens is 496 g/mol. The largest absolute Gasteiger partial charge is 0.493 e. The Balaban J connectivity index is 1.30. The van der Waals surface area contributed by atoms with Crippen LogP contribution in [0, 0.1) is 20.8 Å². The molecule has 2 aliphatic rings. The first kappa shape index (κ1) is 27.0. The molecule has 0 radical (unpaired) electrons. The fourth-order valence-corrected chi connectivity index (χ4v) is 5.71. The summed E-state index contributed by atoms with van der Waals surface area (Å²) >= 11 is 0. The SMILES string of the molecule is Cc1cc(OCC[C@H](O)CO)cc(C)c1-c1cccc(COc2ccc3c(c2)OC2(CC2)[C@H]3CC(=O)O)c1C. The molecule has 1 saturated carbocycles. The van der Waals surface area contributed by atoms with E-state index in [1.165, 1.54) is 0 Å². The van der Waals surface area contributed by atoms with Crippen LogP contribution in [0.5, 0.6) is 17.2 Å². The van der Waals surface area contributed by atoms with Gasteiger partial charge in [-0.25, -0.2) is 0 Å². The number of rotatable bonds is 11. The van der Waals surface area contributed by atoms with Crippen LogP contribution in [0.2, 0.25) is 0 Å². The Hall–Kier alpha value is -3.55. The quantitative estimate of drug-likeness (QED) is 0.301. The smallest absolute Gasteiger partial charge is 0.304 e. The summed E-state index contributed by atoms with van der Waals surface area (Å²) in [6.07, 6.45) is 1.46. The lowest BCUT2D eigenvalue weighted by molar-refractivity contribution is -0.138. The Morgan fingerprint density at radius 1 is 1.05 bits per heavy atom. The molecule has 1 spiro atoms. The van der Waals surface area contributed by atoms with Crippen LogP contribution >= 0.6 is 0 Å². The third kappa shape index (κ3) is 5.60. The first-order valence-corrected chi connectivity index (χ1v) is 13.5. The van der Waals surface area contributed by atoms with E-state index in [1.54, 1.807) is 0 Å². The van der Waals surface area contributed by atoms with E-state index in [0.717, 1.165) is 63.3 Å². The molecule has 0 amide bonds. The van der Waals surface area contributed by atoms with Gasteiger partial charge in [0.1, 0.15) is 29.5 Å². The Labute approximate surface area is 229 Å². The van der Waals surface area contributed by atoms with Crippen LogP contribution in [-0.4, -0.2) is 46.2 Å². The van der Waals surface area contributed by atoms with E-state index in [4.69, 9.17) is 19.3 Å². The summed E-state index contributed by atoms with van der Waals surface area (Å²) in [7, 11) is 0. The number of carbonyl (C=O) groups is 1. The number of aliphatic hydroxyl groups is 2. The van der Waals surface area contributed by atoms with Crippen molar-refractivity contribution in [3.8, 4) is 28.4 Å². The van der Waals surface area contributed by atoms with Gasteiger partial charge >= 0.3 is 5.97 Å². The summed E-state index contributed by atoms with van der Waals surface area (Å²) in [5.41, 5.74) is 7.31. The molecule has 1 heterocycles. The summed E-state index contributed by atoms with van der Waals surface area (Å²) in [5, 5.41) is 27.9. The van der Waals surface area contributed by atoms with Crippen LogP contribution in [0.25, 0.3) is 11.1 Å². The number of carboxylic acids is 1. The molecule has 7 nitrogen and oxygen atoms in total. The lowest BCUT2D eigenvalue weighted by atomic mass is 9.90. The van der Waals surface area contributed by atoms with Crippen molar-refractivity contribution in [2.24, 2.45) is 0 Å². The van der Waals surface area contributed by atoms with Crippen molar-refractivity contribution in [2.45, 2.75) is 70.7 Å². The summed E-state index contributed by atoms with van der Waals surface area (Å²) < 4.78 is 18.2. The highest BCUT2D eigenvalue weighted by atomic mass is 16.5. The number of benzene rings is 3. The topological polar surface area (TPSA) is 105 Å². The summed E-state index contributed by atoms with van der Waals surface area (Å²) in [5.74, 6) is 1.28. The van der Waals surface area contributed by atoms with Gasteiger partial charge in [-0.15, -0.1) is 0 Å². The van der Waals surface area contributed by atoms with Crippen LogP contribution in [0.4, 0.5) is 0 Å². The number of aliphatic hydroxyl groups excluding tert-OH is 2. The van der Waals surface area contributed by atoms with E-state index >= 15 is 0 Å². The van der Waals surface area contributed by atoms with E-state index in [9.17, 15) is 15.0 Å². The maximum absolute atomic E-state index is 11.4. The van der Waals surface area contributed by atoms with Gasteiger partial charge < -0.3 is 29.5 Å². The van der Waals surface area contributed by atoms with Gasteiger partial charge in [0, 0.05) is 24.0 Å². The Kier molecular flexibility index (Phi) is 7.56. The van der Waals surface area contributed by atoms with E-state index in [0.29, 0.717) is 25.4 Å². The predicted molar refractivity (Wildman–Crippen MR) is 148 cm³/mol. The Bertz CT molecular complexity index is 1350. The van der Waals surface area contributed by atoms with Gasteiger partial charge in [0.15, 0.2) is 0 Å². The van der Waals surface area contributed by atoms with Crippen molar-refractivity contribution in [1.29, 1.82) is 0 Å². The van der Waals surface area contributed by atoms with Crippen molar-refractivity contribution in [3.05, 3.63) is 76.3 Å². The molecule has 0 saturated heterocycles. The molecule has 0 aromatic heterocycles. The molecule has 3 N–H and O–H groups in total. The van der Waals surface area contributed by atoms with Gasteiger partial charge in [-0.3, -0.25) is 4.79 Å². The van der Waals surface area contributed by atoms with Crippen molar-refractivity contribution < 1.29 is 34.3 Å². The number of hydrogen-bond donors (Lipinski definition) is 3. The van der Waals surface area contributed by atoms with Gasteiger partial charge in [0.2, 0.25) is 0 Å². The minimum absolute atomic E-state index is 0.0813. The lowest BCUT2D eigenvalue weighted by Gasteiger charge is -2.18. The molecule has 3 aromatic rings. The molecule has 5 rings (SSSR count). The molecular formula is C32H36O7. The molecule has 1 fully saturated rings.